The van der Waals surface area contributed by atoms with Crippen LogP contribution in [0.25, 0.3) is 0 Å². The van der Waals surface area contributed by atoms with Crippen LogP contribution < -0.4 is 21.9 Å². The van der Waals surface area contributed by atoms with E-state index in [4.69, 9.17) is 5.73 Å². The van der Waals surface area contributed by atoms with Gasteiger partial charge in [-0.15, -0.1) is 0 Å². The average Bonchev–Trinajstić information content (AvgIpc) is 3.39. The lowest BCUT2D eigenvalue weighted by atomic mass is 9.98. The minimum atomic E-state index is -0.772. The fourth-order valence-corrected chi connectivity index (χ4v) is 3.49. The van der Waals surface area contributed by atoms with Crippen molar-refractivity contribution in [3.8, 4) is 6.07 Å². The molecule has 4 N–H and O–H groups in total. The maximum atomic E-state index is 12.9. The summed E-state index contributed by atoms with van der Waals surface area (Å²) < 4.78 is 1.37. The number of aromatic nitrogens is 1. The predicted octanol–water partition coefficient (Wildman–Crippen LogP) is 0.615. The first-order valence-corrected chi connectivity index (χ1v) is 9.35. The maximum Gasteiger partial charge on any atom is 0.274 e. The summed E-state index contributed by atoms with van der Waals surface area (Å²) in [6.45, 7) is 2.34. The summed E-state index contributed by atoms with van der Waals surface area (Å²) in [5, 5.41) is 14.9. The molecular weight excluding hydrogens is 346 g/mol. The van der Waals surface area contributed by atoms with E-state index in [1.165, 1.54) is 4.57 Å². The predicted molar refractivity (Wildman–Crippen MR) is 99.5 cm³/mol. The zero-order chi connectivity index (χ0) is 19.6. The topological polar surface area (TPSA) is 130 Å². The Kier molecular flexibility index (Phi) is 5.49. The summed E-state index contributed by atoms with van der Waals surface area (Å²) in [7, 11) is 0. The molecule has 0 spiro atoms. The highest BCUT2D eigenvalue weighted by atomic mass is 16.2. The Morgan fingerprint density at radius 2 is 2.15 bits per heavy atom. The summed E-state index contributed by atoms with van der Waals surface area (Å²) in [5.74, 6) is -0.329. The Labute approximate surface area is 157 Å². The number of anilines is 1. The number of carbonyl (C=O) groups is 2. The summed E-state index contributed by atoms with van der Waals surface area (Å²) in [4.78, 5) is 37.2. The van der Waals surface area contributed by atoms with E-state index in [0.717, 1.165) is 12.8 Å². The van der Waals surface area contributed by atoms with Crippen LogP contribution in [-0.2, 0) is 9.59 Å². The SMILES string of the molecule is Cc1ccn(C(CC2CC2)C(=O)N[C@H](C#N)C[C@@H]2CCNC2=O)c(=O)c1N. The molecule has 27 heavy (non-hydrogen) atoms. The van der Waals surface area contributed by atoms with Crippen molar-refractivity contribution >= 4 is 17.5 Å². The van der Waals surface area contributed by atoms with Crippen LogP contribution in [0.2, 0.25) is 0 Å². The third-order valence-electron chi connectivity index (χ3n) is 5.42. The van der Waals surface area contributed by atoms with Crippen LogP contribution in [0.15, 0.2) is 17.1 Å². The normalized spacial score (nSPS) is 21.2. The number of nitriles is 1. The van der Waals surface area contributed by atoms with Gasteiger partial charge in [0.2, 0.25) is 11.8 Å². The van der Waals surface area contributed by atoms with Crippen LogP contribution in [-0.4, -0.2) is 29.0 Å². The molecule has 8 heteroatoms. The van der Waals surface area contributed by atoms with Crippen molar-refractivity contribution in [2.75, 3.05) is 12.3 Å². The van der Waals surface area contributed by atoms with E-state index in [9.17, 15) is 19.6 Å². The lowest BCUT2D eigenvalue weighted by Gasteiger charge is -2.22. The van der Waals surface area contributed by atoms with Crippen molar-refractivity contribution in [1.82, 2.24) is 15.2 Å². The molecule has 0 bridgehead atoms. The second-order valence-electron chi connectivity index (χ2n) is 7.52. The number of aryl methyl sites for hydroxylation is 1. The third-order valence-corrected chi connectivity index (χ3v) is 5.42. The highest BCUT2D eigenvalue weighted by Crippen LogP contribution is 2.36. The molecule has 1 aromatic heterocycles. The number of nitrogen functional groups attached to an aromatic ring is 1. The maximum absolute atomic E-state index is 12.9. The molecule has 2 fully saturated rings. The zero-order valence-corrected chi connectivity index (χ0v) is 15.4. The fourth-order valence-electron chi connectivity index (χ4n) is 3.49. The van der Waals surface area contributed by atoms with Crippen LogP contribution in [0, 0.1) is 30.1 Å². The second-order valence-corrected chi connectivity index (χ2v) is 7.52. The van der Waals surface area contributed by atoms with Gasteiger partial charge in [-0.1, -0.05) is 12.8 Å². The number of nitrogens with two attached hydrogens (primary N) is 1. The number of rotatable bonds is 7. The molecule has 2 heterocycles. The fraction of sp³-hybridized carbons (Fsp3) is 0.579. The number of nitrogens with zero attached hydrogens (tertiary/aromatic N) is 2. The number of pyridine rings is 1. The second kappa shape index (κ2) is 7.82. The van der Waals surface area contributed by atoms with E-state index in [-0.39, 0.29) is 35.4 Å². The first kappa shape index (κ1) is 19.0. The van der Waals surface area contributed by atoms with Gasteiger partial charge in [-0.3, -0.25) is 14.4 Å². The molecule has 1 aliphatic carbocycles. The largest absolute Gasteiger partial charge is 0.394 e. The lowest BCUT2D eigenvalue weighted by molar-refractivity contribution is -0.126. The molecule has 3 rings (SSSR count). The van der Waals surface area contributed by atoms with Crippen molar-refractivity contribution in [3.63, 3.8) is 0 Å². The molecule has 2 aliphatic rings. The van der Waals surface area contributed by atoms with Crippen LogP contribution in [0.3, 0.4) is 0 Å². The van der Waals surface area contributed by atoms with Gasteiger partial charge in [0.25, 0.3) is 5.56 Å². The standard InChI is InChI=1S/C19H25N5O3/c1-11-5-7-24(19(27)16(11)21)15(8-12-2-3-12)18(26)23-14(10-20)9-13-4-6-22-17(13)25/h5,7,12-15H,2-4,6,8-9,21H2,1H3,(H,22,25)(H,23,26)/t13-,14-,15?/m0/s1. The zero-order valence-electron chi connectivity index (χ0n) is 15.4. The van der Waals surface area contributed by atoms with Gasteiger partial charge in [-0.05, 0) is 43.7 Å². The molecule has 8 nitrogen and oxygen atoms in total. The summed E-state index contributed by atoms with van der Waals surface area (Å²) in [6, 6.07) is 2.30. The summed E-state index contributed by atoms with van der Waals surface area (Å²) >= 11 is 0. The number of amides is 2. The van der Waals surface area contributed by atoms with E-state index in [1.54, 1.807) is 19.2 Å². The highest BCUT2D eigenvalue weighted by molar-refractivity contribution is 5.82. The number of hydrogen-bond donors (Lipinski definition) is 3. The smallest absolute Gasteiger partial charge is 0.274 e. The van der Waals surface area contributed by atoms with Crippen LogP contribution in [0.5, 0.6) is 0 Å². The first-order chi connectivity index (χ1) is 12.9. The average molecular weight is 371 g/mol. The molecule has 1 saturated carbocycles. The Balaban J connectivity index is 1.77. The Morgan fingerprint density at radius 1 is 1.41 bits per heavy atom. The van der Waals surface area contributed by atoms with Gasteiger partial charge in [0, 0.05) is 18.7 Å². The van der Waals surface area contributed by atoms with Crippen molar-refractivity contribution in [1.29, 1.82) is 5.26 Å². The van der Waals surface area contributed by atoms with E-state index in [2.05, 4.69) is 16.7 Å². The van der Waals surface area contributed by atoms with E-state index in [1.807, 2.05) is 0 Å². The number of hydrogen-bond acceptors (Lipinski definition) is 5. The Bertz CT molecular complexity index is 837. The minimum absolute atomic E-state index is 0.0819. The minimum Gasteiger partial charge on any atom is -0.394 e. The monoisotopic (exact) mass is 371 g/mol. The van der Waals surface area contributed by atoms with E-state index in [0.29, 0.717) is 30.9 Å². The molecule has 2 amide bonds. The van der Waals surface area contributed by atoms with Crippen molar-refractivity contribution in [3.05, 3.63) is 28.2 Å². The molecule has 0 radical (unpaired) electrons. The van der Waals surface area contributed by atoms with Crippen molar-refractivity contribution < 1.29 is 9.59 Å². The Morgan fingerprint density at radius 3 is 2.74 bits per heavy atom. The quantitative estimate of drug-likeness (QED) is 0.647. The molecule has 1 aliphatic heterocycles. The molecule has 144 valence electrons. The number of nitrogens with one attached hydrogen (secondary N) is 2. The van der Waals surface area contributed by atoms with Gasteiger partial charge in [0.1, 0.15) is 17.8 Å². The molecule has 3 atom stereocenters. The van der Waals surface area contributed by atoms with E-state index >= 15 is 0 Å². The van der Waals surface area contributed by atoms with Gasteiger partial charge >= 0.3 is 0 Å². The summed E-state index contributed by atoms with van der Waals surface area (Å²) in [5.41, 5.74) is 6.27. The lowest BCUT2D eigenvalue weighted by Crippen LogP contribution is -2.43. The van der Waals surface area contributed by atoms with Crippen LogP contribution >= 0.6 is 0 Å². The van der Waals surface area contributed by atoms with Crippen molar-refractivity contribution in [2.24, 2.45) is 11.8 Å². The van der Waals surface area contributed by atoms with Crippen LogP contribution in [0.1, 0.15) is 43.7 Å². The molecule has 1 saturated heterocycles. The van der Waals surface area contributed by atoms with Crippen LogP contribution in [0.4, 0.5) is 5.69 Å². The van der Waals surface area contributed by atoms with Gasteiger partial charge in [-0.25, -0.2) is 0 Å². The van der Waals surface area contributed by atoms with Crippen molar-refractivity contribution in [2.45, 2.75) is 51.1 Å². The van der Waals surface area contributed by atoms with Gasteiger partial charge < -0.3 is 20.9 Å². The molecule has 1 unspecified atom stereocenters. The molecular formula is C19H25N5O3. The van der Waals surface area contributed by atoms with Gasteiger partial charge in [0.05, 0.1) is 6.07 Å². The van der Waals surface area contributed by atoms with Gasteiger partial charge in [-0.2, -0.15) is 5.26 Å². The molecule has 1 aromatic rings. The molecule has 0 aromatic carbocycles. The van der Waals surface area contributed by atoms with Gasteiger partial charge in [0.15, 0.2) is 0 Å². The summed E-state index contributed by atoms with van der Waals surface area (Å²) in [6.07, 6.45) is 5.12. The third kappa shape index (κ3) is 4.30. The van der Waals surface area contributed by atoms with E-state index < -0.39 is 12.1 Å². The Hall–Kier alpha value is -2.82. The number of carbonyl (C=O) groups excluding carboxylic acids is 2. The first-order valence-electron chi connectivity index (χ1n) is 9.35. The highest BCUT2D eigenvalue weighted by Gasteiger charge is 2.33.